The molecular formula is C19H17F3N2O2. The van der Waals surface area contributed by atoms with Gasteiger partial charge in [-0.05, 0) is 29.7 Å². The average Bonchev–Trinajstić information content (AvgIpc) is 2.62. The highest BCUT2D eigenvalue weighted by Gasteiger charge is 2.34. The van der Waals surface area contributed by atoms with Gasteiger partial charge < -0.3 is 10.6 Å². The van der Waals surface area contributed by atoms with Gasteiger partial charge in [0, 0.05) is 18.7 Å². The number of halogens is 3. The van der Waals surface area contributed by atoms with E-state index in [1.807, 2.05) is 0 Å². The second kappa shape index (κ2) is 7.19. The topological polar surface area (TPSA) is 58.2 Å². The molecule has 1 aliphatic rings. The van der Waals surface area contributed by atoms with Crippen molar-refractivity contribution in [2.45, 2.75) is 19.0 Å². The minimum Gasteiger partial charge on any atom is -0.355 e. The first-order valence-corrected chi connectivity index (χ1v) is 8.19. The molecule has 7 heteroatoms. The van der Waals surface area contributed by atoms with E-state index in [-0.39, 0.29) is 30.1 Å². The lowest BCUT2D eigenvalue weighted by atomic mass is 9.97. The Hall–Kier alpha value is -2.83. The molecule has 0 aliphatic carbocycles. The van der Waals surface area contributed by atoms with Crippen molar-refractivity contribution in [2.75, 3.05) is 11.9 Å². The molecule has 3 rings (SSSR count). The number of hydrogen-bond donors (Lipinski definition) is 2. The number of alkyl halides is 3. The second-order valence-corrected chi connectivity index (χ2v) is 6.15. The molecule has 26 heavy (non-hydrogen) atoms. The SMILES string of the molecule is O=C1CC[C@@H](C(=O)Nc2ccc(-c3ccccc3)c(C(F)(F)F)c2)CN1. The van der Waals surface area contributed by atoms with Crippen LogP contribution in [0.5, 0.6) is 0 Å². The van der Waals surface area contributed by atoms with Crippen LogP contribution in [0.4, 0.5) is 18.9 Å². The van der Waals surface area contributed by atoms with E-state index in [1.54, 1.807) is 30.3 Å². The Labute approximate surface area is 148 Å². The zero-order valence-electron chi connectivity index (χ0n) is 13.8. The van der Waals surface area contributed by atoms with E-state index in [2.05, 4.69) is 10.6 Å². The van der Waals surface area contributed by atoms with Gasteiger partial charge in [-0.25, -0.2) is 0 Å². The maximum Gasteiger partial charge on any atom is 0.417 e. The number of hydrogen-bond acceptors (Lipinski definition) is 2. The monoisotopic (exact) mass is 362 g/mol. The van der Waals surface area contributed by atoms with Gasteiger partial charge in [-0.1, -0.05) is 36.4 Å². The summed E-state index contributed by atoms with van der Waals surface area (Å²) in [5.41, 5.74) is -0.217. The summed E-state index contributed by atoms with van der Waals surface area (Å²) in [4.78, 5) is 23.4. The number of carbonyl (C=O) groups is 2. The van der Waals surface area contributed by atoms with Crippen LogP contribution in [0, 0.1) is 5.92 Å². The molecular weight excluding hydrogens is 345 g/mol. The molecule has 0 bridgehead atoms. The summed E-state index contributed by atoms with van der Waals surface area (Å²) < 4.78 is 40.5. The highest BCUT2D eigenvalue weighted by atomic mass is 19.4. The number of benzene rings is 2. The molecule has 1 atom stereocenters. The van der Waals surface area contributed by atoms with Crippen molar-refractivity contribution in [3.8, 4) is 11.1 Å². The maximum atomic E-state index is 13.5. The van der Waals surface area contributed by atoms with E-state index in [0.717, 1.165) is 6.07 Å². The summed E-state index contributed by atoms with van der Waals surface area (Å²) in [5, 5.41) is 5.11. The molecule has 0 saturated carbocycles. The summed E-state index contributed by atoms with van der Waals surface area (Å²) in [6.45, 7) is 0.193. The minimum atomic E-state index is -4.55. The van der Waals surface area contributed by atoms with Gasteiger partial charge >= 0.3 is 6.18 Å². The lowest BCUT2D eigenvalue weighted by molar-refractivity contribution is -0.137. The van der Waals surface area contributed by atoms with Crippen LogP contribution < -0.4 is 10.6 Å². The molecule has 0 unspecified atom stereocenters. The Bertz CT molecular complexity index is 809. The average molecular weight is 362 g/mol. The van der Waals surface area contributed by atoms with Crippen molar-refractivity contribution in [2.24, 2.45) is 5.92 Å². The van der Waals surface area contributed by atoms with Gasteiger partial charge in [-0.2, -0.15) is 13.2 Å². The van der Waals surface area contributed by atoms with Crippen molar-refractivity contribution < 1.29 is 22.8 Å². The van der Waals surface area contributed by atoms with Crippen LogP contribution in [0.2, 0.25) is 0 Å². The van der Waals surface area contributed by atoms with E-state index in [4.69, 9.17) is 0 Å². The first-order valence-electron chi connectivity index (χ1n) is 8.19. The van der Waals surface area contributed by atoms with Crippen molar-refractivity contribution in [1.29, 1.82) is 0 Å². The van der Waals surface area contributed by atoms with Crippen LogP contribution in [0.3, 0.4) is 0 Å². The van der Waals surface area contributed by atoms with Gasteiger partial charge in [0.15, 0.2) is 0 Å². The Morgan fingerprint density at radius 2 is 1.85 bits per heavy atom. The third kappa shape index (κ3) is 4.04. The largest absolute Gasteiger partial charge is 0.417 e. The molecule has 4 nitrogen and oxygen atoms in total. The fourth-order valence-electron chi connectivity index (χ4n) is 2.93. The molecule has 0 aromatic heterocycles. The predicted octanol–water partition coefficient (Wildman–Crippen LogP) is 3.84. The number of carbonyl (C=O) groups excluding carboxylic acids is 2. The third-order valence-electron chi connectivity index (χ3n) is 4.31. The Morgan fingerprint density at radius 3 is 2.46 bits per heavy atom. The molecule has 0 spiro atoms. The van der Waals surface area contributed by atoms with Gasteiger partial charge in [0.25, 0.3) is 0 Å². The zero-order valence-corrected chi connectivity index (χ0v) is 13.8. The van der Waals surface area contributed by atoms with Crippen molar-refractivity contribution in [1.82, 2.24) is 5.32 Å². The molecule has 2 aromatic carbocycles. The van der Waals surface area contributed by atoms with E-state index in [0.29, 0.717) is 12.0 Å². The Kier molecular flexibility index (Phi) is 4.97. The van der Waals surface area contributed by atoms with Crippen molar-refractivity contribution >= 4 is 17.5 Å². The molecule has 1 saturated heterocycles. The standard InChI is InChI=1S/C19H17F3N2O2/c20-19(21,22)16-10-14(7-8-15(16)12-4-2-1-3-5-12)24-18(26)13-6-9-17(25)23-11-13/h1-5,7-8,10,13H,6,9,11H2,(H,23,25)(H,24,26)/t13-/m1/s1. The number of nitrogens with one attached hydrogen (secondary N) is 2. The maximum absolute atomic E-state index is 13.5. The van der Waals surface area contributed by atoms with Crippen LogP contribution in [-0.2, 0) is 15.8 Å². The van der Waals surface area contributed by atoms with E-state index < -0.39 is 23.6 Å². The molecule has 2 aromatic rings. The zero-order chi connectivity index (χ0) is 18.7. The molecule has 1 heterocycles. The number of rotatable bonds is 3. The minimum absolute atomic E-state index is 0.0565. The van der Waals surface area contributed by atoms with Crippen LogP contribution in [0.25, 0.3) is 11.1 Å². The molecule has 136 valence electrons. The predicted molar refractivity (Wildman–Crippen MR) is 91.2 cm³/mol. The summed E-state index contributed by atoms with van der Waals surface area (Å²) in [7, 11) is 0. The quantitative estimate of drug-likeness (QED) is 0.872. The first-order chi connectivity index (χ1) is 12.3. The summed E-state index contributed by atoms with van der Waals surface area (Å²) >= 11 is 0. The van der Waals surface area contributed by atoms with Crippen LogP contribution in [-0.4, -0.2) is 18.4 Å². The van der Waals surface area contributed by atoms with Crippen LogP contribution in [0.15, 0.2) is 48.5 Å². The fraction of sp³-hybridized carbons (Fsp3) is 0.263. The van der Waals surface area contributed by atoms with E-state index in [9.17, 15) is 22.8 Å². The van der Waals surface area contributed by atoms with Gasteiger partial charge in [-0.3, -0.25) is 9.59 Å². The molecule has 2 N–H and O–H groups in total. The molecule has 2 amide bonds. The normalized spacial score (nSPS) is 17.5. The smallest absolute Gasteiger partial charge is 0.355 e. The van der Waals surface area contributed by atoms with Crippen LogP contribution in [0.1, 0.15) is 18.4 Å². The second-order valence-electron chi connectivity index (χ2n) is 6.15. The lowest BCUT2D eigenvalue weighted by Gasteiger charge is -2.22. The van der Waals surface area contributed by atoms with Gasteiger partial charge in [0.2, 0.25) is 11.8 Å². The summed E-state index contributed by atoms with van der Waals surface area (Å²) in [6, 6.07) is 12.0. The van der Waals surface area contributed by atoms with E-state index >= 15 is 0 Å². The first kappa shape index (κ1) is 18.0. The molecule has 1 aliphatic heterocycles. The highest BCUT2D eigenvalue weighted by molar-refractivity contribution is 5.94. The van der Waals surface area contributed by atoms with Gasteiger partial charge in [0.05, 0.1) is 11.5 Å². The summed E-state index contributed by atoms with van der Waals surface area (Å²) in [6.07, 6.45) is -3.94. The molecule has 0 radical (unpaired) electrons. The third-order valence-corrected chi connectivity index (χ3v) is 4.31. The van der Waals surface area contributed by atoms with E-state index in [1.165, 1.54) is 12.1 Å². The number of piperidine rings is 1. The Morgan fingerprint density at radius 1 is 1.12 bits per heavy atom. The lowest BCUT2D eigenvalue weighted by Crippen LogP contribution is -2.40. The highest BCUT2D eigenvalue weighted by Crippen LogP contribution is 2.38. The summed E-state index contributed by atoms with van der Waals surface area (Å²) in [5.74, 6) is -0.970. The van der Waals surface area contributed by atoms with Gasteiger partial charge in [-0.15, -0.1) is 0 Å². The van der Waals surface area contributed by atoms with Gasteiger partial charge in [0.1, 0.15) is 0 Å². The van der Waals surface area contributed by atoms with Crippen molar-refractivity contribution in [3.63, 3.8) is 0 Å². The fourth-order valence-corrected chi connectivity index (χ4v) is 2.93. The van der Waals surface area contributed by atoms with Crippen molar-refractivity contribution in [3.05, 3.63) is 54.1 Å². The number of anilines is 1. The Balaban J connectivity index is 1.85. The van der Waals surface area contributed by atoms with Crippen LogP contribution >= 0.6 is 0 Å². The number of amides is 2. The molecule has 1 fully saturated rings.